The maximum absolute atomic E-state index is 10.7. The first-order valence-electron chi connectivity index (χ1n) is 2.66. The molecule has 1 atom stereocenters. The third-order valence-electron chi connectivity index (χ3n) is 0.749. The van der Waals surface area contributed by atoms with Crippen LogP contribution in [0.3, 0.4) is 0 Å². The Morgan fingerprint density at radius 3 is 2.70 bits per heavy atom. The normalized spacial score (nSPS) is 11.3. The lowest BCUT2D eigenvalue weighted by Crippen LogP contribution is -2.29. The number of amides is 1. The molecule has 0 saturated heterocycles. The van der Waals surface area contributed by atoms with Crippen molar-refractivity contribution in [1.82, 2.24) is 5.32 Å². The van der Waals surface area contributed by atoms with E-state index in [1.165, 1.54) is 0 Å². The van der Waals surface area contributed by atoms with E-state index < -0.39 is 5.91 Å². The smallest absolute Gasteiger partial charge is 0.262 e. The fraction of sp³-hybridized carbons (Fsp3) is 0.333. The Hall–Kier alpha value is -0.950. The number of nitrogens with one attached hydrogen (secondary N) is 1. The number of carbonyl (C=O) groups excluding carboxylic acids is 1. The molecule has 0 fully saturated rings. The number of thiol groups is 1. The molecule has 0 saturated carbocycles. The van der Waals surface area contributed by atoms with Crippen molar-refractivity contribution in [2.24, 2.45) is 0 Å². The Balaban J connectivity index is 3.89. The van der Waals surface area contributed by atoms with Crippen LogP contribution in [-0.2, 0) is 4.79 Å². The average molecular weight is 156 g/mol. The maximum atomic E-state index is 10.7. The molecule has 0 heterocycles. The van der Waals surface area contributed by atoms with Crippen molar-refractivity contribution in [2.75, 3.05) is 0 Å². The molecule has 0 bridgehead atoms. The summed E-state index contributed by atoms with van der Waals surface area (Å²) in [7, 11) is 0. The predicted molar refractivity (Wildman–Crippen MR) is 41.3 cm³/mol. The van der Waals surface area contributed by atoms with E-state index in [0.29, 0.717) is 0 Å². The van der Waals surface area contributed by atoms with Gasteiger partial charge in [0.15, 0.2) is 0 Å². The van der Waals surface area contributed by atoms with E-state index in [0.717, 1.165) is 0 Å². The van der Waals surface area contributed by atoms with Crippen molar-refractivity contribution in [1.29, 1.82) is 5.26 Å². The Kier molecular flexibility index (Phi) is 3.59. The van der Waals surface area contributed by atoms with E-state index in [9.17, 15) is 4.79 Å². The van der Waals surface area contributed by atoms with Gasteiger partial charge >= 0.3 is 0 Å². The van der Waals surface area contributed by atoms with Gasteiger partial charge in [-0.05, 0) is 6.92 Å². The van der Waals surface area contributed by atoms with Crippen molar-refractivity contribution >= 4 is 18.5 Å². The maximum Gasteiger partial charge on any atom is 0.262 e. The molecule has 0 rings (SSSR count). The van der Waals surface area contributed by atoms with E-state index >= 15 is 0 Å². The highest BCUT2D eigenvalue weighted by atomic mass is 32.1. The van der Waals surface area contributed by atoms with E-state index in [-0.39, 0.29) is 10.9 Å². The molecule has 54 valence electrons. The van der Waals surface area contributed by atoms with Crippen molar-refractivity contribution in [2.45, 2.75) is 12.3 Å². The zero-order valence-electron chi connectivity index (χ0n) is 5.59. The number of rotatable bonds is 2. The van der Waals surface area contributed by atoms with Gasteiger partial charge in [0.1, 0.15) is 11.6 Å². The molecular weight excluding hydrogens is 148 g/mol. The molecule has 0 aromatic heterocycles. The molecule has 1 unspecified atom stereocenters. The molecule has 0 aliphatic carbocycles. The van der Waals surface area contributed by atoms with E-state index in [4.69, 9.17) is 5.26 Å². The van der Waals surface area contributed by atoms with Gasteiger partial charge in [-0.25, -0.2) is 0 Å². The topological polar surface area (TPSA) is 52.9 Å². The Bertz CT molecular complexity index is 192. The van der Waals surface area contributed by atoms with Crippen LogP contribution in [0.4, 0.5) is 0 Å². The van der Waals surface area contributed by atoms with Crippen LogP contribution in [0.5, 0.6) is 0 Å². The van der Waals surface area contributed by atoms with Gasteiger partial charge in [-0.2, -0.15) is 17.9 Å². The summed E-state index contributed by atoms with van der Waals surface area (Å²) in [6.07, 6.45) is 0. The SMILES string of the molecule is C=C(C#N)C(=O)NC(C)S. The van der Waals surface area contributed by atoms with Crippen LogP contribution >= 0.6 is 12.6 Å². The van der Waals surface area contributed by atoms with Crippen LogP contribution in [0.1, 0.15) is 6.92 Å². The van der Waals surface area contributed by atoms with E-state index in [1.54, 1.807) is 13.0 Å². The number of hydrogen-bond donors (Lipinski definition) is 2. The summed E-state index contributed by atoms with van der Waals surface area (Å²) < 4.78 is 0. The highest BCUT2D eigenvalue weighted by Crippen LogP contribution is 1.91. The average Bonchev–Trinajstić information content (AvgIpc) is 1.85. The van der Waals surface area contributed by atoms with Gasteiger partial charge in [-0.3, -0.25) is 4.79 Å². The Labute approximate surface area is 65.1 Å². The molecule has 10 heavy (non-hydrogen) atoms. The third kappa shape index (κ3) is 3.15. The van der Waals surface area contributed by atoms with Gasteiger partial charge in [0.25, 0.3) is 5.91 Å². The number of nitrogens with zero attached hydrogens (tertiary/aromatic N) is 1. The lowest BCUT2D eigenvalue weighted by atomic mass is 10.3. The summed E-state index contributed by atoms with van der Waals surface area (Å²) in [5.74, 6) is -0.468. The van der Waals surface area contributed by atoms with Gasteiger partial charge in [0.2, 0.25) is 0 Å². The zero-order chi connectivity index (χ0) is 8.15. The third-order valence-corrected chi connectivity index (χ3v) is 0.878. The minimum Gasteiger partial charge on any atom is -0.340 e. The van der Waals surface area contributed by atoms with Crippen LogP contribution in [0, 0.1) is 11.3 Å². The van der Waals surface area contributed by atoms with Gasteiger partial charge in [-0.1, -0.05) is 6.58 Å². The molecule has 3 nitrogen and oxygen atoms in total. The molecule has 0 radical (unpaired) electrons. The largest absolute Gasteiger partial charge is 0.340 e. The molecule has 0 aliphatic rings. The van der Waals surface area contributed by atoms with Crippen LogP contribution < -0.4 is 5.32 Å². The van der Waals surface area contributed by atoms with E-state index in [1.807, 2.05) is 0 Å². The predicted octanol–water partition coefficient (Wildman–Crippen LogP) is 0.458. The standard InChI is InChI=1S/C6H8N2OS/c1-4(3-7)6(9)8-5(2)10/h5,10H,1H2,2H3,(H,8,9). The number of carbonyl (C=O) groups is 1. The van der Waals surface area contributed by atoms with Gasteiger partial charge in [0, 0.05) is 0 Å². The molecular formula is C6H8N2OS. The monoisotopic (exact) mass is 156 g/mol. The summed E-state index contributed by atoms with van der Waals surface area (Å²) >= 11 is 3.89. The van der Waals surface area contributed by atoms with Crippen molar-refractivity contribution in [3.05, 3.63) is 12.2 Å². The Morgan fingerprint density at radius 2 is 2.40 bits per heavy atom. The van der Waals surface area contributed by atoms with Gasteiger partial charge < -0.3 is 5.32 Å². The lowest BCUT2D eigenvalue weighted by molar-refractivity contribution is -0.117. The minimum atomic E-state index is -0.468. The summed E-state index contributed by atoms with van der Waals surface area (Å²) in [6.45, 7) is 4.91. The highest BCUT2D eigenvalue weighted by molar-refractivity contribution is 7.80. The second-order valence-corrected chi connectivity index (χ2v) is 2.51. The molecule has 4 heteroatoms. The highest BCUT2D eigenvalue weighted by Gasteiger charge is 2.05. The second kappa shape index (κ2) is 3.96. The number of hydrogen-bond acceptors (Lipinski definition) is 3. The lowest BCUT2D eigenvalue weighted by Gasteiger charge is -2.04. The van der Waals surface area contributed by atoms with E-state index in [2.05, 4.69) is 24.5 Å². The van der Waals surface area contributed by atoms with Crippen molar-refractivity contribution in [3.63, 3.8) is 0 Å². The van der Waals surface area contributed by atoms with Crippen LogP contribution in [0.2, 0.25) is 0 Å². The van der Waals surface area contributed by atoms with Crippen LogP contribution in [0.25, 0.3) is 0 Å². The summed E-state index contributed by atoms with van der Waals surface area (Å²) in [5, 5.41) is 10.3. The molecule has 1 amide bonds. The van der Waals surface area contributed by atoms with Gasteiger partial charge in [0.05, 0.1) is 5.37 Å². The second-order valence-electron chi connectivity index (χ2n) is 1.74. The first-order valence-corrected chi connectivity index (χ1v) is 3.17. The van der Waals surface area contributed by atoms with Crippen LogP contribution in [0.15, 0.2) is 12.2 Å². The zero-order valence-corrected chi connectivity index (χ0v) is 6.48. The van der Waals surface area contributed by atoms with Crippen molar-refractivity contribution < 1.29 is 4.79 Å². The fourth-order valence-electron chi connectivity index (χ4n) is 0.328. The molecule has 0 aromatic rings. The first-order chi connectivity index (χ1) is 4.57. The Morgan fingerprint density at radius 1 is 1.90 bits per heavy atom. The molecule has 1 N–H and O–H groups in total. The fourth-order valence-corrected chi connectivity index (χ4v) is 0.445. The molecule has 0 spiro atoms. The molecule has 0 aromatic carbocycles. The number of nitriles is 1. The quantitative estimate of drug-likeness (QED) is 0.264. The van der Waals surface area contributed by atoms with Crippen LogP contribution in [-0.4, -0.2) is 11.3 Å². The summed E-state index contributed by atoms with van der Waals surface area (Å²) in [4.78, 5) is 10.7. The first kappa shape index (κ1) is 9.05. The molecule has 0 aliphatic heterocycles. The van der Waals surface area contributed by atoms with Crippen molar-refractivity contribution in [3.8, 4) is 6.07 Å². The summed E-state index contributed by atoms with van der Waals surface area (Å²) in [5.41, 5.74) is -0.0964. The van der Waals surface area contributed by atoms with Gasteiger partial charge in [-0.15, -0.1) is 0 Å². The minimum absolute atomic E-state index is 0.0964. The summed E-state index contributed by atoms with van der Waals surface area (Å²) in [6, 6.07) is 1.63.